The number of aryl methyl sites for hydroxylation is 2. The summed E-state index contributed by atoms with van der Waals surface area (Å²) in [5, 5.41) is 20.3. The van der Waals surface area contributed by atoms with Crippen LogP contribution in [0.4, 0.5) is 4.79 Å². The maximum atomic E-state index is 12.0. The van der Waals surface area contributed by atoms with E-state index in [1.54, 1.807) is 17.8 Å². The van der Waals surface area contributed by atoms with Crippen molar-refractivity contribution < 1.29 is 24.2 Å². The molecule has 10 nitrogen and oxygen atoms in total. The van der Waals surface area contributed by atoms with E-state index in [0.29, 0.717) is 53.9 Å². The van der Waals surface area contributed by atoms with E-state index in [0.717, 1.165) is 19.3 Å². The summed E-state index contributed by atoms with van der Waals surface area (Å²) in [5.74, 6) is -0.183. The van der Waals surface area contributed by atoms with Gasteiger partial charge in [0.05, 0.1) is 42.3 Å². The first-order chi connectivity index (χ1) is 15.8. The van der Waals surface area contributed by atoms with E-state index in [4.69, 9.17) is 9.47 Å². The Labute approximate surface area is 193 Å². The van der Waals surface area contributed by atoms with Crippen molar-refractivity contribution in [2.24, 2.45) is 18.9 Å². The normalized spacial score (nSPS) is 19.0. The number of amides is 1. The van der Waals surface area contributed by atoms with E-state index in [9.17, 15) is 14.7 Å². The summed E-state index contributed by atoms with van der Waals surface area (Å²) in [6, 6.07) is 3.63. The van der Waals surface area contributed by atoms with Crippen LogP contribution < -0.4 is 10.1 Å². The quantitative estimate of drug-likeness (QED) is 0.583. The summed E-state index contributed by atoms with van der Waals surface area (Å²) >= 11 is 0. The lowest BCUT2D eigenvalue weighted by Gasteiger charge is -2.27. The third-order valence-electron chi connectivity index (χ3n) is 6.09. The molecular weight excluding hydrogens is 426 g/mol. The van der Waals surface area contributed by atoms with Crippen LogP contribution in [0, 0.1) is 18.8 Å². The smallest absolute Gasteiger partial charge is 0.407 e. The predicted molar refractivity (Wildman–Crippen MR) is 121 cm³/mol. The molecule has 0 radical (unpaired) electrons. The van der Waals surface area contributed by atoms with Gasteiger partial charge in [0.15, 0.2) is 0 Å². The molecule has 1 aliphatic carbocycles. The highest BCUT2D eigenvalue weighted by atomic mass is 16.5. The summed E-state index contributed by atoms with van der Waals surface area (Å²) < 4.78 is 12.9. The van der Waals surface area contributed by atoms with Crippen LogP contribution in [0.2, 0.25) is 0 Å². The zero-order valence-corrected chi connectivity index (χ0v) is 19.7. The number of aliphatic carboxylic acids is 1. The molecule has 2 N–H and O–H groups in total. The van der Waals surface area contributed by atoms with Crippen LogP contribution in [0.25, 0.3) is 11.4 Å². The molecule has 0 aromatic carbocycles. The van der Waals surface area contributed by atoms with Gasteiger partial charge >= 0.3 is 12.1 Å². The van der Waals surface area contributed by atoms with Crippen LogP contribution in [0.1, 0.15) is 57.3 Å². The van der Waals surface area contributed by atoms with Crippen LogP contribution in [0.15, 0.2) is 12.1 Å². The minimum atomic E-state index is -0.763. The number of carboxylic acid groups (broad SMARTS) is 1. The monoisotopic (exact) mass is 459 g/mol. The highest BCUT2D eigenvalue weighted by molar-refractivity contribution is 5.70. The first-order valence-corrected chi connectivity index (χ1v) is 11.4. The van der Waals surface area contributed by atoms with Crippen molar-refractivity contribution in [3.8, 4) is 17.1 Å². The molecule has 1 amide bonds. The van der Waals surface area contributed by atoms with Crippen molar-refractivity contribution in [2.45, 2.75) is 65.5 Å². The number of rotatable bonds is 9. The third-order valence-corrected chi connectivity index (χ3v) is 6.09. The largest absolute Gasteiger partial charge is 0.489 e. The molecule has 0 unspecified atom stereocenters. The lowest BCUT2D eigenvalue weighted by molar-refractivity contribution is -0.143. The number of carbonyl (C=O) groups excluding carboxylic acids is 1. The average Bonchev–Trinajstić information content (AvgIpc) is 3.17. The topological polar surface area (TPSA) is 128 Å². The molecule has 0 aliphatic heterocycles. The van der Waals surface area contributed by atoms with Crippen LogP contribution in [0.5, 0.6) is 5.75 Å². The number of carboxylic acids is 1. The molecule has 10 heteroatoms. The van der Waals surface area contributed by atoms with Crippen molar-refractivity contribution in [1.29, 1.82) is 0 Å². The number of pyridine rings is 1. The van der Waals surface area contributed by atoms with Gasteiger partial charge in [-0.2, -0.15) is 0 Å². The minimum Gasteiger partial charge on any atom is -0.489 e. The van der Waals surface area contributed by atoms with Crippen LogP contribution in [-0.4, -0.2) is 49.9 Å². The predicted octanol–water partition coefficient (Wildman–Crippen LogP) is 3.48. The molecule has 0 saturated heterocycles. The van der Waals surface area contributed by atoms with E-state index in [1.165, 1.54) is 0 Å². The number of hydrogen-bond donors (Lipinski definition) is 2. The molecule has 3 rings (SSSR count). The first-order valence-electron chi connectivity index (χ1n) is 11.4. The molecule has 1 saturated carbocycles. The van der Waals surface area contributed by atoms with Crippen molar-refractivity contribution in [2.75, 3.05) is 6.61 Å². The average molecular weight is 460 g/mol. The molecule has 33 heavy (non-hydrogen) atoms. The second-order valence-electron chi connectivity index (χ2n) is 8.70. The van der Waals surface area contributed by atoms with E-state index >= 15 is 0 Å². The summed E-state index contributed by atoms with van der Waals surface area (Å²) in [4.78, 5) is 28.0. The van der Waals surface area contributed by atoms with Gasteiger partial charge in [0.25, 0.3) is 0 Å². The third kappa shape index (κ3) is 6.43. The Morgan fingerprint density at radius 3 is 2.82 bits per heavy atom. The van der Waals surface area contributed by atoms with Gasteiger partial charge < -0.3 is 19.9 Å². The zero-order chi connectivity index (χ0) is 24.0. The highest BCUT2D eigenvalue weighted by Crippen LogP contribution is 2.30. The van der Waals surface area contributed by atoms with Gasteiger partial charge in [-0.25, -0.2) is 14.5 Å². The van der Waals surface area contributed by atoms with Gasteiger partial charge in [0, 0.05) is 7.05 Å². The Bertz CT molecular complexity index is 976. The van der Waals surface area contributed by atoms with Crippen molar-refractivity contribution in [3.05, 3.63) is 23.5 Å². The van der Waals surface area contributed by atoms with Crippen LogP contribution in [-0.2, 0) is 23.1 Å². The Hall–Kier alpha value is -3.17. The SMILES string of the molecule is CC[C@H](C)COC(=O)NCc1c(-c2ccc(O[C@H]3CCC[C@H](C(=O)O)C3)c(C)n2)nnn1C. The van der Waals surface area contributed by atoms with E-state index in [-0.39, 0.29) is 18.6 Å². The number of nitrogens with zero attached hydrogens (tertiary/aromatic N) is 4. The second kappa shape index (κ2) is 11.1. The van der Waals surface area contributed by atoms with Crippen molar-refractivity contribution in [1.82, 2.24) is 25.3 Å². The molecule has 180 valence electrons. The summed E-state index contributed by atoms with van der Waals surface area (Å²) in [6.45, 7) is 6.49. The zero-order valence-electron chi connectivity index (χ0n) is 19.7. The molecule has 1 fully saturated rings. The Kier molecular flexibility index (Phi) is 8.24. The van der Waals surface area contributed by atoms with Gasteiger partial charge in [0.2, 0.25) is 0 Å². The van der Waals surface area contributed by atoms with Gasteiger partial charge in [-0.1, -0.05) is 25.5 Å². The molecule has 2 aromatic rings. The number of nitrogens with one attached hydrogen (secondary N) is 1. The standard InChI is InChI=1S/C23H33N5O5/c1-5-14(2)13-32-23(31)24-12-19-21(26-27-28(19)4)18-9-10-20(15(3)25-18)33-17-8-6-7-16(11-17)22(29)30/h9-10,14,16-17H,5-8,11-13H2,1-4H3,(H,24,31)(H,29,30)/t14-,16-,17-/m0/s1. The Morgan fingerprint density at radius 2 is 2.12 bits per heavy atom. The first kappa shape index (κ1) is 24.5. The number of aromatic nitrogens is 4. The Balaban J connectivity index is 1.66. The van der Waals surface area contributed by atoms with Gasteiger partial charge in [-0.15, -0.1) is 5.10 Å². The highest BCUT2D eigenvalue weighted by Gasteiger charge is 2.28. The van der Waals surface area contributed by atoms with Crippen LogP contribution >= 0.6 is 0 Å². The van der Waals surface area contributed by atoms with E-state index in [2.05, 4.69) is 20.6 Å². The number of alkyl carbamates (subject to hydrolysis) is 1. The summed E-state index contributed by atoms with van der Waals surface area (Å²) in [5.41, 5.74) is 2.57. The molecule has 2 aromatic heterocycles. The number of ether oxygens (including phenoxy) is 2. The molecule has 3 atom stereocenters. The second-order valence-corrected chi connectivity index (χ2v) is 8.70. The van der Waals surface area contributed by atoms with E-state index < -0.39 is 12.1 Å². The fraction of sp³-hybridized carbons (Fsp3) is 0.609. The molecule has 2 heterocycles. The number of hydrogen-bond acceptors (Lipinski definition) is 7. The van der Waals surface area contributed by atoms with Crippen molar-refractivity contribution >= 4 is 12.1 Å². The summed E-state index contributed by atoms with van der Waals surface area (Å²) in [7, 11) is 1.75. The Morgan fingerprint density at radius 1 is 1.33 bits per heavy atom. The lowest BCUT2D eigenvalue weighted by atomic mass is 9.87. The maximum Gasteiger partial charge on any atom is 0.407 e. The fourth-order valence-electron chi connectivity index (χ4n) is 3.78. The molecule has 1 aliphatic rings. The molecule has 0 bridgehead atoms. The minimum absolute atomic E-state index is 0.135. The van der Waals surface area contributed by atoms with E-state index in [1.807, 2.05) is 26.8 Å². The maximum absolute atomic E-state index is 12.0. The number of carbonyl (C=O) groups is 2. The molecular formula is C23H33N5O5. The van der Waals surface area contributed by atoms with Gasteiger partial charge in [-0.05, 0) is 50.7 Å². The molecule has 0 spiro atoms. The van der Waals surface area contributed by atoms with Gasteiger partial charge in [-0.3, -0.25) is 4.79 Å². The summed E-state index contributed by atoms with van der Waals surface area (Å²) in [6.07, 6.45) is 3.18. The lowest BCUT2D eigenvalue weighted by Crippen LogP contribution is -2.29. The van der Waals surface area contributed by atoms with Crippen molar-refractivity contribution in [3.63, 3.8) is 0 Å². The fourth-order valence-corrected chi connectivity index (χ4v) is 3.78. The van der Waals surface area contributed by atoms with Gasteiger partial charge in [0.1, 0.15) is 11.4 Å². The van der Waals surface area contributed by atoms with Crippen LogP contribution in [0.3, 0.4) is 0 Å².